The molecule has 1 heterocycles. The van der Waals surface area contributed by atoms with Crippen molar-refractivity contribution in [1.82, 2.24) is 10.2 Å². The fourth-order valence-electron chi connectivity index (χ4n) is 2.06. The van der Waals surface area contributed by atoms with Crippen LogP contribution in [0.2, 0.25) is 0 Å². The van der Waals surface area contributed by atoms with E-state index < -0.39 is 0 Å². The van der Waals surface area contributed by atoms with Gasteiger partial charge in [-0.3, -0.25) is 4.79 Å². The Morgan fingerprint density at radius 1 is 1.56 bits per heavy atom. The van der Waals surface area contributed by atoms with E-state index in [-0.39, 0.29) is 18.3 Å². The van der Waals surface area contributed by atoms with Crippen molar-refractivity contribution in [2.75, 3.05) is 26.7 Å². The van der Waals surface area contributed by atoms with Crippen molar-refractivity contribution in [2.24, 2.45) is 11.8 Å². The first-order chi connectivity index (χ1) is 7.15. The molecular formula is C12H25ClN2O. The van der Waals surface area contributed by atoms with E-state index in [1.807, 2.05) is 11.9 Å². The van der Waals surface area contributed by atoms with Gasteiger partial charge in [-0.05, 0) is 25.3 Å². The Hall–Kier alpha value is -0.280. The zero-order valence-corrected chi connectivity index (χ0v) is 11.5. The summed E-state index contributed by atoms with van der Waals surface area (Å²) in [5, 5.41) is 3.29. The average Bonchev–Trinajstić information content (AvgIpc) is 2.29. The van der Waals surface area contributed by atoms with Gasteiger partial charge in [0.2, 0.25) is 5.91 Å². The second-order valence-corrected chi connectivity index (χ2v) is 4.78. The molecule has 1 aliphatic heterocycles. The molecule has 2 atom stereocenters. The zero-order chi connectivity index (χ0) is 11.3. The predicted molar refractivity (Wildman–Crippen MR) is 69.9 cm³/mol. The van der Waals surface area contributed by atoms with Crippen LogP contribution >= 0.6 is 12.4 Å². The van der Waals surface area contributed by atoms with Crippen LogP contribution in [0.4, 0.5) is 0 Å². The third kappa shape index (κ3) is 4.71. The Morgan fingerprint density at radius 3 is 2.75 bits per heavy atom. The summed E-state index contributed by atoms with van der Waals surface area (Å²) < 4.78 is 0. The van der Waals surface area contributed by atoms with E-state index in [0.717, 1.165) is 38.9 Å². The monoisotopic (exact) mass is 248 g/mol. The van der Waals surface area contributed by atoms with Crippen LogP contribution in [0.1, 0.15) is 33.1 Å². The standard InChI is InChI=1S/C12H24N2O.ClH/c1-4-10(2)9-14(3)12(15)11-6-5-7-13-8-11;/h10-11,13H,4-9H2,1-3H3;1H. The number of piperidine rings is 1. The van der Waals surface area contributed by atoms with Gasteiger partial charge in [-0.1, -0.05) is 20.3 Å². The molecule has 1 aliphatic rings. The lowest BCUT2D eigenvalue weighted by molar-refractivity contribution is -0.135. The Bertz CT molecular complexity index is 205. The maximum absolute atomic E-state index is 12.0. The van der Waals surface area contributed by atoms with Gasteiger partial charge in [0.1, 0.15) is 0 Å². The maximum atomic E-state index is 12.0. The summed E-state index contributed by atoms with van der Waals surface area (Å²) in [7, 11) is 1.93. The number of halogens is 1. The predicted octanol–water partition coefficient (Wildman–Crippen LogP) is 1.91. The molecule has 1 rings (SSSR count). The molecule has 0 radical (unpaired) electrons. The number of nitrogens with zero attached hydrogens (tertiary/aromatic N) is 1. The van der Waals surface area contributed by atoms with E-state index in [4.69, 9.17) is 0 Å². The van der Waals surface area contributed by atoms with Gasteiger partial charge in [-0.25, -0.2) is 0 Å². The molecule has 4 heteroatoms. The summed E-state index contributed by atoms with van der Waals surface area (Å²) in [6.45, 7) is 7.20. The molecule has 1 fully saturated rings. The van der Waals surface area contributed by atoms with Gasteiger partial charge in [0.25, 0.3) is 0 Å². The lowest BCUT2D eigenvalue weighted by Gasteiger charge is -2.28. The highest BCUT2D eigenvalue weighted by Gasteiger charge is 2.24. The van der Waals surface area contributed by atoms with Crippen LogP contribution < -0.4 is 5.32 Å². The first kappa shape index (κ1) is 15.7. The first-order valence-corrected chi connectivity index (χ1v) is 6.10. The van der Waals surface area contributed by atoms with Crippen LogP contribution in [0.25, 0.3) is 0 Å². The zero-order valence-electron chi connectivity index (χ0n) is 10.7. The van der Waals surface area contributed by atoms with Crippen molar-refractivity contribution < 1.29 is 4.79 Å². The minimum atomic E-state index is 0. The van der Waals surface area contributed by atoms with Crippen LogP contribution in [0.3, 0.4) is 0 Å². The van der Waals surface area contributed by atoms with E-state index in [2.05, 4.69) is 19.2 Å². The summed E-state index contributed by atoms with van der Waals surface area (Å²) in [6, 6.07) is 0. The molecule has 3 nitrogen and oxygen atoms in total. The van der Waals surface area contributed by atoms with Crippen LogP contribution in [0, 0.1) is 11.8 Å². The van der Waals surface area contributed by atoms with E-state index in [0.29, 0.717) is 11.8 Å². The normalized spacial score (nSPS) is 22.1. The Labute approximate surface area is 105 Å². The number of carbonyl (C=O) groups excluding carboxylic acids is 1. The van der Waals surface area contributed by atoms with Crippen LogP contribution in [-0.2, 0) is 4.79 Å². The first-order valence-electron chi connectivity index (χ1n) is 6.10. The molecule has 0 spiro atoms. The molecule has 0 saturated carbocycles. The summed E-state index contributed by atoms with van der Waals surface area (Å²) in [6.07, 6.45) is 3.32. The van der Waals surface area contributed by atoms with Crippen LogP contribution in [0.5, 0.6) is 0 Å². The highest BCUT2D eigenvalue weighted by Crippen LogP contribution is 2.14. The number of nitrogens with one attached hydrogen (secondary N) is 1. The smallest absolute Gasteiger partial charge is 0.226 e. The summed E-state index contributed by atoms with van der Waals surface area (Å²) in [4.78, 5) is 13.9. The fourth-order valence-corrected chi connectivity index (χ4v) is 2.06. The molecule has 16 heavy (non-hydrogen) atoms. The Kier molecular flexibility index (Phi) is 7.77. The minimum Gasteiger partial charge on any atom is -0.345 e. The number of carbonyl (C=O) groups is 1. The molecule has 96 valence electrons. The number of rotatable bonds is 4. The van der Waals surface area contributed by atoms with Crippen molar-refractivity contribution in [2.45, 2.75) is 33.1 Å². The summed E-state index contributed by atoms with van der Waals surface area (Å²) >= 11 is 0. The molecular weight excluding hydrogens is 224 g/mol. The Morgan fingerprint density at radius 2 is 2.25 bits per heavy atom. The van der Waals surface area contributed by atoms with E-state index >= 15 is 0 Å². The van der Waals surface area contributed by atoms with E-state index in [9.17, 15) is 4.79 Å². The van der Waals surface area contributed by atoms with E-state index in [1.165, 1.54) is 0 Å². The molecule has 0 bridgehead atoms. The fraction of sp³-hybridized carbons (Fsp3) is 0.917. The molecule has 2 unspecified atom stereocenters. The third-order valence-electron chi connectivity index (χ3n) is 3.30. The highest BCUT2D eigenvalue weighted by molar-refractivity contribution is 5.85. The van der Waals surface area contributed by atoms with Gasteiger partial charge in [0.15, 0.2) is 0 Å². The van der Waals surface area contributed by atoms with Gasteiger partial charge in [0, 0.05) is 20.1 Å². The van der Waals surface area contributed by atoms with Gasteiger partial charge in [-0.2, -0.15) is 0 Å². The largest absolute Gasteiger partial charge is 0.345 e. The minimum absolute atomic E-state index is 0. The summed E-state index contributed by atoms with van der Waals surface area (Å²) in [5.41, 5.74) is 0. The molecule has 0 aromatic carbocycles. The summed E-state index contributed by atoms with van der Waals surface area (Å²) in [5.74, 6) is 1.14. The van der Waals surface area contributed by atoms with Crippen molar-refractivity contribution >= 4 is 18.3 Å². The number of hydrogen-bond acceptors (Lipinski definition) is 2. The lowest BCUT2D eigenvalue weighted by atomic mass is 9.97. The Balaban J connectivity index is 0.00000225. The quantitative estimate of drug-likeness (QED) is 0.825. The van der Waals surface area contributed by atoms with Gasteiger partial charge in [0.05, 0.1) is 5.92 Å². The molecule has 1 N–H and O–H groups in total. The third-order valence-corrected chi connectivity index (χ3v) is 3.30. The second kappa shape index (κ2) is 7.91. The maximum Gasteiger partial charge on any atom is 0.226 e. The van der Waals surface area contributed by atoms with Crippen molar-refractivity contribution in [3.63, 3.8) is 0 Å². The number of hydrogen-bond donors (Lipinski definition) is 1. The van der Waals surface area contributed by atoms with Crippen molar-refractivity contribution in [3.05, 3.63) is 0 Å². The number of amides is 1. The van der Waals surface area contributed by atoms with Gasteiger partial charge in [-0.15, -0.1) is 12.4 Å². The van der Waals surface area contributed by atoms with Crippen molar-refractivity contribution in [3.8, 4) is 0 Å². The molecule has 0 aliphatic carbocycles. The van der Waals surface area contributed by atoms with Crippen molar-refractivity contribution in [1.29, 1.82) is 0 Å². The molecule has 1 amide bonds. The topological polar surface area (TPSA) is 32.3 Å². The molecule has 0 aromatic rings. The molecule has 0 aromatic heterocycles. The molecule has 1 saturated heterocycles. The second-order valence-electron chi connectivity index (χ2n) is 4.78. The van der Waals surface area contributed by atoms with Crippen LogP contribution in [-0.4, -0.2) is 37.5 Å². The SMILES string of the molecule is CCC(C)CN(C)C(=O)C1CCCNC1.Cl. The average molecular weight is 249 g/mol. The van der Waals surface area contributed by atoms with Gasteiger partial charge < -0.3 is 10.2 Å². The lowest BCUT2D eigenvalue weighted by Crippen LogP contribution is -2.42. The van der Waals surface area contributed by atoms with Crippen LogP contribution in [0.15, 0.2) is 0 Å². The van der Waals surface area contributed by atoms with E-state index in [1.54, 1.807) is 0 Å². The highest BCUT2D eigenvalue weighted by atomic mass is 35.5. The van der Waals surface area contributed by atoms with Gasteiger partial charge >= 0.3 is 0 Å².